The number of benzene rings is 2. The molecule has 1 heterocycles. The topological polar surface area (TPSA) is 84.9 Å². The fourth-order valence-corrected chi connectivity index (χ4v) is 3.35. The second-order valence-corrected chi connectivity index (χ2v) is 7.34. The number of rotatable bonds is 6. The summed E-state index contributed by atoms with van der Waals surface area (Å²) in [5, 5.41) is 1.22. The molecule has 0 aliphatic carbocycles. The Bertz CT molecular complexity index is 974. The summed E-state index contributed by atoms with van der Waals surface area (Å²) in [5.74, 6) is -0.817. The molecule has 1 aliphatic rings. The minimum atomic E-state index is -0.741. The molecule has 0 radical (unpaired) electrons. The first-order valence-corrected chi connectivity index (χ1v) is 10.0. The number of carbonyl (C=O) groups excluding carboxylic acids is 3. The number of esters is 1. The van der Waals surface area contributed by atoms with Crippen LogP contribution in [-0.4, -0.2) is 30.5 Å². The monoisotopic (exact) mass is 506 g/mol. The molecule has 0 aromatic heterocycles. The molecule has 150 valence electrons. The minimum absolute atomic E-state index is 0.0400. The summed E-state index contributed by atoms with van der Waals surface area (Å²) in [6, 6.07) is 14.1. The molecule has 0 bridgehead atoms. The van der Waals surface area contributed by atoms with Gasteiger partial charge >= 0.3 is 5.97 Å². The van der Waals surface area contributed by atoms with Crippen molar-refractivity contribution in [1.82, 2.24) is 5.43 Å². The van der Waals surface area contributed by atoms with Crippen LogP contribution in [0, 0.1) is 3.57 Å². The molecule has 2 aromatic rings. The van der Waals surface area contributed by atoms with Crippen molar-refractivity contribution in [2.75, 3.05) is 11.6 Å². The van der Waals surface area contributed by atoms with Gasteiger partial charge in [0, 0.05) is 0 Å². The van der Waals surface area contributed by atoms with E-state index < -0.39 is 23.9 Å². The Labute approximate surface area is 181 Å². The van der Waals surface area contributed by atoms with Crippen molar-refractivity contribution < 1.29 is 23.9 Å². The molecule has 1 N–H and O–H groups in total. The lowest BCUT2D eigenvalue weighted by molar-refractivity contribution is -0.150. The van der Waals surface area contributed by atoms with E-state index in [2.05, 4.69) is 28.0 Å². The highest BCUT2D eigenvalue weighted by Gasteiger charge is 2.34. The van der Waals surface area contributed by atoms with Crippen LogP contribution < -0.4 is 15.2 Å². The molecule has 8 heteroatoms. The summed E-state index contributed by atoms with van der Waals surface area (Å²) in [6.07, 6.45) is 0.788. The van der Waals surface area contributed by atoms with Gasteiger partial charge < -0.3 is 9.47 Å². The number of nitrogens with one attached hydrogen (secondary N) is 1. The zero-order valence-electron chi connectivity index (χ0n) is 15.8. The summed E-state index contributed by atoms with van der Waals surface area (Å²) in [6.45, 7) is 3.63. The quantitative estimate of drug-likeness (QED) is 0.282. The zero-order chi connectivity index (χ0) is 21.0. The Morgan fingerprint density at radius 3 is 2.59 bits per heavy atom. The second-order valence-electron chi connectivity index (χ2n) is 6.18. The maximum atomic E-state index is 12.7. The predicted molar refractivity (Wildman–Crippen MR) is 116 cm³/mol. The van der Waals surface area contributed by atoms with E-state index in [1.165, 1.54) is 11.1 Å². The molecular weight excluding hydrogens is 487 g/mol. The number of hydrazine groups is 1. The Morgan fingerprint density at radius 1 is 1.21 bits per heavy atom. The van der Waals surface area contributed by atoms with E-state index in [4.69, 9.17) is 9.47 Å². The highest BCUT2D eigenvalue weighted by atomic mass is 127. The molecule has 29 heavy (non-hydrogen) atoms. The first kappa shape index (κ1) is 20.8. The number of halogens is 1. The number of nitrogens with zero attached hydrogens (tertiary/aromatic N) is 1. The van der Waals surface area contributed by atoms with Gasteiger partial charge in [-0.15, -0.1) is 0 Å². The van der Waals surface area contributed by atoms with Gasteiger partial charge in [0.2, 0.25) is 0 Å². The molecular formula is C21H19IN2O5. The van der Waals surface area contributed by atoms with Crippen molar-refractivity contribution in [3.05, 3.63) is 63.2 Å². The van der Waals surface area contributed by atoms with Crippen molar-refractivity contribution in [3.8, 4) is 5.75 Å². The van der Waals surface area contributed by atoms with Gasteiger partial charge in [0.15, 0.2) is 6.10 Å². The Morgan fingerprint density at radius 2 is 1.93 bits per heavy atom. The van der Waals surface area contributed by atoms with Gasteiger partial charge in [-0.1, -0.05) is 24.3 Å². The van der Waals surface area contributed by atoms with Crippen molar-refractivity contribution >= 4 is 52.1 Å². The minimum Gasteiger partial charge on any atom is -0.478 e. The van der Waals surface area contributed by atoms with Crippen LogP contribution in [0.4, 0.5) is 5.69 Å². The number of carbonyl (C=O) groups is 3. The number of hydrogen-bond acceptors (Lipinski definition) is 5. The normalized spacial score (nSPS) is 16.0. The lowest BCUT2D eigenvalue weighted by Gasteiger charge is -2.15. The fraction of sp³-hybridized carbons (Fsp3) is 0.190. The maximum Gasteiger partial charge on any atom is 0.347 e. The van der Waals surface area contributed by atoms with Crippen molar-refractivity contribution in [2.45, 2.75) is 20.0 Å². The lowest BCUT2D eigenvalue weighted by atomic mass is 10.1. The molecule has 7 nitrogen and oxygen atoms in total. The van der Waals surface area contributed by atoms with E-state index in [0.29, 0.717) is 17.0 Å². The van der Waals surface area contributed by atoms with E-state index >= 15 is 0 Å². The van der Waals surface area contributed by atoms with Gasteiger partial charge in [0.1, 0.15) is 11.3 Å². The van der Waals surface area contributed by atoms with Gasteiger partial charge in [-0.25, -0.2) is 9.80 Å². The van der Waals surface area contributed by atoms with Gasteiger partial charge in [0.05, 0.1) is 15.9 Å². The van der Waals surface area contributed by atoms with Crippen LogP contribution in [0.3, 0.4) is 0 Å². The van der Waals surface area contributed by atoms with Crippen molar-refractivity contribution in [1.29, 1.82) is 0 Å². The number of para-hydroxylation sites is 1. The molecule has 3 rings (SSSR count). The van der Waals surface area contributed by atoms with Crippen LogP contribution in [0.1, 0.15) is 19.4 Å². The predicted octanol–water partition coefficient (Wildman–Crippen LogP) is 3.08. The first-order valence-electron chi connectivity index (χ1n) is 8.95. The number of ether oxygens (including phenoxy) is 2. The second kappa shape index (κ2) is 9.08. The van der Waals surface area contributed by atoms with Crippen LogP contribution in [0.2, 0.25) is 0 Å². The number of anilines is 1. The summed E-state index contributed by atoms with van der Waals surface area (Å²) in [4.78, 5) is 36.7. The summed E-state index contributed by atoms with van der Waals surface area (Å²) in [5.41, 5.74) is 3.85. The van der Waals surface area contributed by atoms with Crippen LogP contribution >= 0.6 is 22.6 Å². The molecule has 2 aromatic carbocycles. The van der Waals surface area contributed by atoms with E-state index in [1.54, 1.807) is 56.3 Å². The third-order valence-electron chi connectivity index (χ3n) is 4.10. The SMILES string of the molecule is CCOC(=O)[C@@H](C)Oc1ccc(/C=C2/C(=O)NN(c3ccccc3)C2=O)cc1I. The van der Waals surface area contributed by atoms with E-state index in [0.717, 1.165) is 3.57 Å². The van der Waals surface area contributed by atoms with Gasteiger partial charge in [-0.3, -0.25) is 15.0 Å². The van der Waals surface area contributed by atoms with Crippen molar-refractivity contribution in [3.63, 3.8) is 0 Å². The lowest BCUT2D eigenvalue weighted by Crippen LogP contribution is -2.35. The standard InChI is InChI=1S/C21H19IN2O5/c1-3-28-21(27)13(2)29-18-10-9-14(12-17(18)22)11-16-19(25)23-24(20(16)26)15-7-5-4-6-8-15/h4-13H,3H2,1-2H3,(H,23,25)/b16-11-/t13-/m1/s1. The van der Waals surface area contributed by atoms with Gasteiger partial charge in [-0.2, -0.15) is 0 Å². The molecule has 1 aliphatic heterocycles. The Kier molecular flexibility index (Phi) is 6.53. The highest BCUT2D eigenvalue weighted by Crippen LogP contribution is 2.26. The molecule has 0 saturated carbocycles. The third kappa shape index (κ3) is 4.76. The van der Waals surface area contributed by atoms with Crippen LogP contribution in [0.25, 0.3) is 6.08 Å². The van der Waals surface area contributed by atoms with Crippen molar-refractivity contribution in [2.24, 2.45) is 0 Å². The number of amides is 2. The molecule has 1 atom stereocenters. The van der Waals surface area contributed by atoms with Gasteiger partial charge in [0.25, 0.3) is 11.8 Å². The maximum absolute atomic E-state index is 12.7. The Balaban J connectivity index is 1.78. The van der Waals surface area contributed by atoms with Gasteiger partial charge in [-0.05, 0) is 72.3 Å². The molecule has 0 unspecified atom stereocenters. The van der Waals surface area contributed by atoms with E-state index in [9.17, 15) is 14.4 Å². The van der Waals surface area contributed by atoms with Crippen LogP contribution in [0.15, 0.2) is 54.1 Å². The zero-order valence-corrected chi connectivity index (χ0v) is 18.0. The summed E-state index contributed by atoms with van der Waals surface area (Å²) >= 11 is 2.07. The third-order valence-corrected chi connectivity index (χ3v) is 4.94. The number of hydrogen-bond donors (Lipinski definition) is 1. The fourth-order valence-electron chi connectivity index (χ4n) is 2.68. The van der Waals surface area contributed by atoms with E-state index in [-0.39, 0.29) is 12.2 Å². The molecule has 2 amide bonds. The molecule has 1 saturated heterocycles. The average Bonchev–Trinajstić information content (AvgIpc) is 2.99. The highest BCUT2D eigenvalue weighted by molar-refractivity contribution is 14.1. The van der Waals surface area contributed by atoms with Crippen LogP contribution in [-0.2, 0) is 19.1 Å². The Hall–Kier alpha value is -2.88. The molecule has 0 spiro atoms. The summed E-state index contributed by atoms with van der Waals surface area (Å²) < 4.78 is 11.3. The smallest absolute Gasteiger partial charge is 0.347 e. The van der Waals surface area contributed by atoms with Crippen LogP contribution in [0.5, 0.6) is 5.75 Å². The largest absolute Gasteiger partial charge is 0.478 e. The first-order chi connectivity index (χ1) is 13.9. The van der Waals surface area contributed by atoms with E-state index in [1.807, 2.05) is 6.07 Å². The summed E-state index contributed by atoms with van der Waals surface area (Å²) in [7, 11) is 0. The average molecular weight is 506 g/mol. The molecule has 1 fully saturated rings.